The van der Waals surface area contributed by atoms with Crippen LogP contribution in [-0.4, -0.2) is 9.55 Å². The van der Waals surface area contributed by atoms with Crippen molar-refractivity contribution >= 4 is 74.9 Å². The van der Waals surface area contributed by atoms with Crippen molar-refractivity contribution in [2.45, 2.75) is 13.3 Å². The molecule has 3 heteroatoms. The van der Waals surface area contributed by atoms with Gasteiger partial charge < -0.3 is 0 Å². The molecule has 2 heterocycles. The van der Waals surface area contributed by atoms with E-state index in [0.717, 1.165) is 23.3 Å². The number of thiophene rings is 1. The molecule has 0 aliphatic carbocycles. The van der Waals surface area contributed by atoms with Crippen LogP contribution in [0.5, 0.6) is 0 Å². The van der Waals surface area contributed by atoms with Gasteiger partial charge in [-0.1, -0.05) is 122 Å². The quantitative estimate of drug-likeness (QED) is 0.177. The first-order valence-electron chi connectivity index (χ1n) is 16.6. The second-order valence-corrected chi connectivity index (χ2v) is 13.6. The first-order valence-corrected chi connectivity index (χ1v) is 17.4. The Morgan fingerprint density at radius 1 is 0.500 bits per heavy atom. The lowest BCUT2D eigenvalue weighted by Crippen LogP contribution is -2.01. The minimum atomic E-state index is 0.856. The predicted molar refractivity (Wildman–Crippen MR) is 207 cm³/mol. The van der Waals surface area contributed by atoms with Crippen LogP contribution >= 0.6 is 11.3 Å². The smallest absolute Gasteiger partial charge is 0.114 e. The first-order chi connectivity index (χ1) is 23.8. The van der Waals surface area contributed by atoms with E-state index in [1.54, 1.807) is 0 Å². The molecule has 0 amide bonds. The SMILES string of the molecule is CCc1nc2ccccc2n1-c1ccc(-c2c3ccccc3c(-c3ccc4sc5ccccc5c4c3)c3ccccc23)c2ccccc12. The van der Waals surface area contributed by atoms with Gasteiger partial charge in [-0.05, 0) is 85.6 Å². The molecule has 10 rings (SSSR count). The zero-order valence-corrected chi connectivity index (χ0v) is 27.3. The van der Waals surface area contributed by atoms with Gasteiger partial charge >= 0.3 is 0 Å². The molecule has 0 aliphatic rings. The molecule has 0 radical (unpaired) electrons. The molecule has 0 N–H and O–H groups in total. The topological polar surface area (TPSA) is 17.8 Å². The van der Waals surface area contributed by atoms with E-state index in [4.69, 9.17) is 4.98 Å². The van der Waals surface area contributed by atoms with Gasteiger partial charge in [0.25, 0.3) is 0 Å². The third-order valence-corrected chi connectivity index (χ3v) is 11.1. The monoisotopic (exact) mass is 630 g/mol. The molecule has 0 atom stereocenters. The summed E-state index contributed by atoms with van der Waals surface area (Å²) in [6.45, 7) is 2.19. The number of para-hydroxylation sites is 2. The van der Waals surface area contributed by atoms with Gasteiger partial charge in [-0.15, -0.1) is 11.3 Å². The van der Waals surface area contributed by atoms with E-state index in [9.17, 15) is 0 Å². The summed E-state index contributed by atoms with van der Waals surface area (Å²) in [7, 11) is 0. The van der Waals surface area contributed by atoms with Crippen LogP contribution in [0.3, 0.4) is 0 Å². The second kappa shape index (κ2) is 10.6. The average Bonchev–Trinajstić information content (AvgIpc) is 3.71. The highest BCUT2D eigenvalue weighted by atomic mass is 32.1. The van der Waals surface area contributed by atoms with Crippen molar-refractivity contribution in [2.24, 2.45) is 0 Å². The maximum absolute atomic E-state index is 5.01. The third-order valence-electron chi connectivity index (χ3n) is 9.95. The van der Waals surface area contributed by atoms with Crippen LogP contribution in [0, 0.1) is 0 Å². The van der Waals surface area contributed by atoms with Crippen molar-refractivity contribution in [3.05, 3.63) is 157 Å². The molecule has 10 aromatic rings. The van der Waals surface area contributed by atoms with Crippen molar-refractivity contribution in [3.63, 3.8) is 0 Å². The number of fused-ring (bicyclic) bond motifs is 7. The Morgan fingerprint density at radius 3 is 1.81 bits per heavy atom. The Balaban J connectivity index is 1.28. The number of benzene rings is 8. The largest absolute Gasteiger partial charge is 0.296 e. The van der Waals surface area contributed by atoms with E-state index in [0.29, 0.717) is 0 Å². The predicted octanol–water partition coefficient (Wildman–Crippen LogP) is 12.7. The Morgan fingerprint density at radius 2 is 1.08 bits per heavy atom. The molecule has 0 saturated heterocycles. The van der Waals surface area contributed by atoms with Crippen LogP contribution in [-0.2, 0) is 6.42 Å². The molecule has 0 unspecified atom stereocenters. The molecule has 8 aromatic carbocycles. The molecule has 0 bridgehead atoms. The zero-order valence-electron chi connectivity index (χ0n) is 26.4. The summed E-state index contributed by atoms with van der Waals surface area (Å²) < 4.78 is 5.01. The maximum atomic E-state index is 5.01. The highest BCUT2D eigenvalue weighted by Crippen LogP contribution is 2.47. The third kappa shape index (κ3) is 3.95. The molecule has 0 saturated carbocycles. The molecule has 0 aliphatic heterocycles. The highest BCUT2D eigenvalue weighted by Gasteiger charge is 2.20. The molecule has 2 nitrogen and oxygen atoms in total. The zero-order chi connectivity index (χ0) is 31.8. The van der Waals surface area contributed by atoms with Crippen LogP contribution in [0.25, 0.3) is 91.5 Å². The normalized spacial score (nSPS) is 11.9. The molecular weight excluding hydrogens is 601 g/mol. The Hall–Kier alpha value is -5.77. The summed E-state index contributed by atoms with van der Waals surface area (Å²) in [4.78, 5) is 5.01. The first kappa shape index (κ1) is 27.4. The van der Waals surface area contributed by atoms with Crippen LogP contribution in [0.15, 0.2) is 152 Å². The summed E-state index contributed by atoms with van der Waals surface area (Å²) in [5.74, 6) is 1.07. The van der Waals surface area contributed by atoms with Gasteiger partial charge in [0.15, 0.2) is 0 Å². The van der Waals surface area contributed by atoms with Crippen molar-refractivity contribution < 1.29 is 0 Å². The number of nitrogens with zero attached hydrogens (tertiary/aromatic N) is 2. The van der Waals surface area contributed by atoms with Gasteiger partial charge in [0.1, 0.15) is 5.82 Å². The Bertz CT molecular complexity index is 2830. The van der Waals surface area contributed by atoms with E-state index >= 15 is 0 Å². The van der Waals surface area contributed by atoms with Gasteiger partial charge in [-0.3, -0.25) is 4.57 Å². The fourth-order valence-electron chi connectivity index (χ4n) is 7.89. The Labute approximate surface area is 282 Å². The fourth-order valence-corrected chi connectivity index (χ4v) is 8.98. The highest BCUT2D eigenvalue weighted by molar-refractivity contribution is 7.25. The van der Waals surface area contributed by atoms with Gasteiger partial charge in [-0.2, -0.15) is 0 Å². The Kier molecular flexibility index (Phi) is 6.06. The van der Waals surface area contributed by atoms with E-state index in [1.807, 2.05) is 11.3 Å². The van der Waals surface area contributed by atoms with Crippen molar-refractivity contribution in [1.82, 2.24) is 9.55 Å². The number of imidazole rings is 1. The lowest BCUT2D eigenvalue weighted by atomic mass is 9.84. The summed E-state index contributed by atoms with van der Waals surface area (Å²) in [5, 5.41) is 10.2. The molecule has 0 spiro atoms. The van der Waals surface area contributed by atoms with Gasteiger partial charge in [0.05, 0.1) is 16.7 Å². The second-order valence-electron chi connectivity index (χ2n) is 12.5. The summed E-state index contributed by atoms with van der Waals surface area (Å²) in [6, 6.07) is 55.7. The van der Waals surface area contributed by atoms with Gasteiger partial charge in [-0.25, -0.2) is 4.98 Å². The van der Waals surface area contributed by atoms with Crippen LogP contribution in [0.4, 0.5) is 0 Å². The maximum Gasteiger partial charge on any atom is 0.114 e. The molecule has 2 aromatic heterocycles. The van der Waals surface area contributed by atoms with E-state index < -0.39 is 0 Å². The van der Waals surface area contributed by atoms with Crippen molar-refractivity contribution in [2.75, 3.05) is 0 Å². The minimum Gasteiger partial charge on any atom is -0.296 e. The summed E-state index contributed by atoms with van der Waals surface area (Å²) >= 11 is 1.87. The average molecular weight is 631 g/mol. The number of rotatable bonds is 4. The van der Waals surface area contributed by atoms with Gasteiger partial charge in [0.2, 0.25) is 0 Å². The number of hydrogen-bond donors (Lipinski definition) is 0. The summed E-state index contributed by atoms with van der Waals surface area (Å²) in [6.07, 6.45) is 0.856. The molecule has 226 valence electrons. The number of aromatic nitrogens is 2. The molecular formula is C45H30N2S. The lowest BCUT2D eigenvalue weighted by molar-refractivity contribution is 0.913. The summed E-state index contributed by atoms with van der Waals surface area (Å²) in [5.41, 5.74) is 8.41. The van der Waals surface area contributed by atoms with E-state index in [1.165, 1.54) is 80.4 Å². The standard InChI is InChI=1S/C45H30N2S/c1-2-43-46-38-20-10-11-21-40(38)47(43)39-25-24-36(29-13-3-4-14-30(29)39)45-34-18-7-5-16-32(34)44(33-17-6-8-19-35(33)45)28-23-26-42-37(27-28)31-15-9-12-22-41(31)48-42/h3-27H,2H2,1H3. The fraction of sp³-hybridized carbons (Fsp3) is 0.0444. The van der Waals surface area contributed by atoms with Crippen molar-refractivity contribution in [3.8, 4) is 27.9 Å². The number of hydrogen-bond acceptors (Lipinski definition) is 2. The van der Waals surface area contributed by atoms with Crippen molar-refractivity contribution in [1.29, 1.82) is 0 Å². The van der Waals surface area contributed by atoms with E-state index in [2.05, 4.69) is 163 Å². The van der Waals surface area contributed by atoms with Crippen LogP contribution in [0.1, 0.15) is 12.7 Å². The van der Waals surface area contributed by atoms with Crippen LogP contribution in [0.2, 0.25) is 0 Å². The molecule has 0 fully saturated rings. The number of aryl methyl sites for hydroxylation is 1. The lowest BCUT2D eigenvalue weighted by Gasteiger charge is -2.20. The van der Waals surface area contributed by atoms with E-state index in [-0.39, 0.29) is 0 Å². The van der Waals surface area contributed by atoms with Crippen LogP contribution < -0.4 is 0 Å². The van der Waals surface area contributed by atoms with Gasteiger partial charge in [0, 0.05) is 32.0 Å². The minimum absolute atomic E-state index is 0.856. The molecule has 48 heavy (non-hydrogen) atoms.